The van der Waals surface area contributed by atoms with E-state index in [-0.39, 0.29) is 31.1 Å². The van der Waals surface area contributed by atoms with E-state index in [0.29, 0.717) is 19.3 Å². The second-order valence-electron chi connectivity index (χ2n) is 13.5. The van der Waals surface area contributed by atoms with Gasteiger partial charge in [0.25, 0.3) is 0 Å². The van der Waals surface area contributed by atoms with E-state index >= 15 is 0 Å². The van der Waals surface area contributed by atoms with Gasteiger partial charge >= 0.3 is 17.9 Å². The maximum atomic E-state index is 12.6. The lowest BCUT2D eigenvalue weighted by Crippen LogP contribution is -2.30. The Bertz CT molecular complexity index is 678. The molecule has 0 spiro atoms. The van der Waals surface area contributed by atoms with Crippen LogP contribution in [0.25, 0.3) is 0 Å². The van der Waals surface area contributed by atoms with E-state index in [9.17, 15) is 14.4 Å². The zero-order valence-electron chi connectivity index (χ0n) is 30.3. The topological polar surface area (TPSA) is 78.9 Å². The first-order chi connectivity index (χ1) is 21.9. The third kappa shape index (κ3) is 32.2. The Hall–Kier alpha value is -1.59. The standard InChI is InChI=1S/C39H74O6/c1-5-8-10-12-13-14-15-16-17-18-23-27-31-38(41)44-34-36(33-43-37(40)30-26-21-11-9-6-2)45-39(42)32-28-24-20-19-22-25-29-35(4)7-3/h35-36H,5-34H2,1-4H3/t35?,36-/m1/s1. The summed E-state index contributed by atoms with van der Waals surface area (Å²) in [5.74, 6) is -0.0711. The van der Waals surface area contributed by atoms with Crippen LogP contribution >= 0.6 is 0 Å². The van der Waals surface area contributed by atoms with Crippen molar-refractivity contribution in [1.29, 1.82) is 0 Å². The Morgan fingerprint density at radius 1 is 0.444 bits per heavy atom. The van der Waals surface area contributed by atoms with Gasteiger partial charge in [0.2, 0.25) is 0 Å². The Morgan fingerprint density at radius 2 is 0.778 bits per heavy atom. The molecule has 266 valence electrons. The molecule has 6 nitrogen and oxygen atoms in total. The van der Waals surface area contributed by atoms with Crippen LogP contribution in [0.5, 0.6) is 0 Å². The Balaban J connectivity index is 4.28. The Labute approximate surface area is 278 Å². The van der Waals surface area contributed by atoms with Crippen molar-refractivity contribution in [1.82, 2.24) is 0 Å². The number of unbranched alkanes of at least 4 members (excludes halogenated alkanes) is 20. The maximum absolute atomic E-state index is 12.6. The van der Waals surface area contributed by atoms with Crippen molar-refractivity contribution in [2.75, 3.05) is 13.2 Å². The minimum absolute atomic E-state index is 0.0667. The van der Waals surface area contributed by atoms with Gasteiger partial charge in [-0.25, -0.2) is 0 Å². The minimum Gasteiger partial charge on any atom is -0.462 e. The minimum atomic E-state index is -0.756. The van der Waals surface area contributed by atoms with Crippen LogP contribution < -0.4 is 0 Å². The molecule has 45 heavy (non-hydrogen) atoms. The second kappa shape index (κ2) is 33.8. The molecular weight excluding hydrogens is 564 g/mol. The molecule has 0 aromatic heterocycles. The lowest BCUT2D eigenvalue weighted by Gasteiger charge is -2.18. The fourth-order valence-electron chi connectivity index (χ4n) is 5.53. The Morgan fingerprint density at radius 3 is 1.16 bits per heavy atom. The van der Waals surface area contributed by atoms with Gasteiger partial charge in [-0.3, -0.25) is 14.4 Å². The van der Waals surface area contributed by atoms with Gasteiger partial charge in [0.1, 0.15) is 13.2 Å². The van der Waals surface area contributed by atoms with Crippen molar-refractivity contribution < 1.29 is 28.6 Å². The summed E-state index contributed by atoms with van der Waals surface area (Å²) in [6.45, 7) is 8.85. The van der Waals surface area contributed by atoms with Gasteiger partial charge in [-0.1, -0.05) is 169 Å². The molecule has 6 heteroatoms. The van der Waals surface area contributed by atoms with E-state index in [4.69, 9.17) is 14.2 Å². The fraction of sp³-hybridized carbons (Fsp3) is 0.923. The molecule has 0 aliphatic rings. The van der Waals surface area contributed by atoms with E-state index in [0.717, 1.165) is 70.1 Å². The lowest BCUT2D eigenvalue weighted by molar-refractivity contribution is -0.167. The van der Waals surface area contributed by atoms with Gasteiger partial charge in [0.05, 0.1) is 0 Å². The first-order valence-electron chi connectivity index (χ1n) is 19.4. The molecule has 0 radical (unpaired) electrons. The highest BCUT2D eigenvalue weighted by Gasteiger charge is 2.19. The molecule has 0 bridgehead atoms. The zero-order valence-corrected chi connectivity index (χ0v) is 30.3. The molecule has 1 unspecified atom stereocenters. The SMILES string of the molecule is CCCCCCCCCCCCCCC(=O)OC[C@@H](COC(=O)CCCCCCC)OC(=O)CCCCCCCCC(C)CC. The molecule has 0 amide bonds. The van der Waals surface area contributed by atoms with Crippen LogP contribution in [0.4, 0.5) is 0 Å². The van der Waals surface area contributed by atoms with Gasteiger partial charge < -0.3 is 14.2 Å². The average molecular weight is 639 g/mol. The summed E-state index contributed by atoms with van der Waals surface area (Å²) >= 11 is 0. The second-order valence-corrected chi connectivity index (χ2v) is 13.5. The van der Waals surface area contributed by atoms with Crippen molar-refractivity contribution in [3.8, 4) is 0 Å². The van der Waals surface area contributed by atoms with Gasteiger partial charge in [-0.05, 0) is 25.2 Å². The van der Waals surface area contributed by atoms with Crippen molar-refractivity contribution in [3.05, 3.63) is 0 Å². The molecule has 0 saturated heterocycles. The highest BCUT2D eigenvalue weighted by atomic mass is 16.6. The van der Waals surface area contributed by atoms with Gasteiger partial charge in [-0.15, -0.1) is 0 Å². The largest absolute Gasteiger partial charge is 0.462 e. The molecule has 2 atom stereocenters. The third-order valence-corrected chi connectivity index (χ3v) is 8.90. The first kappa shape index (κ1) is 43.4. The summed E-state index contributed by atoms with van der Waals surface area (Å²) in [5, 5.41) is 0. The molecule has 0 N–H and O–H groups in total. The van der Waals surface area contributed by atoms with Crippen LogP contribution in [0, 0.1) is 5.92 Å². The average Bonchev–Trinajstić information content (AvgIpc) is 3.03. The zero-order chi connectivity index (χ0) is 33.2. The molecule has 0 aromatic carbocycles. The summed E-state index contributed by atoms with van der Waals surface area (Å²) in [7, 11) is 0. The van der Waals surface area contributed by atoms with Crippen LogP contribution in [-0.2, 0) is 28.6 Å². The van der Waals surface area contributed by atoms with Crippen molar-refractivity contribution in [2.45, 2.75) is 214 Å². The lowest BCUT2D eigenvalue weighted by atomic mass is 10.00. The van der Waals surface area contributed by atoms with E-state index < -0.39 is 6.10 Å². The van der Waals surface area contributed by atoms with Crippen LogP contribution in [-0.4, -0.2) is 37.2 Å². The predicted octanol–water partition coefficient (Wildman–Crippen LogP) is 11.6. The molecule has 0 aromatic rings. The summed E-state index contributed by atoms with van der Waals surface area (Å²) in [6.07, 6.45) is 29.7. The fourth-order valence-corrected chi connectivity index (χ4v) is 5.53. The van der Waals surface area contributed by atoms with Gasteiger partial charge in [0.15, 0.2) is 6.10 Å². The molecule has 0 aliphatic heterocycles. The molecule has 0 aliphatic carbocycles. The van der Waals surface area contributed by atoms with E-state index in [1.165, 1.54) is 96.3 Å². The Kier molecular flexibility index (Phi) is 32.6. The van der Waals surface area contributed by atoms with E-state index in [2.05, 4.69) is 27.7 Å². The summed E-state index contributed by atoms with van der Waals surface area (Å²) in [4.78, 5) is 37.2. The monoisotopic (exact) mass is 639 g/mol. The molecule has 0 saturated carbocycles. The summed E-state index contributed by atoms with van der Waals surface area (Å²) in [6, 6.07) is 0. The summed E-state index contributed by atoms with van der Waals surface area (Å²) < 4.78 is 16.5. The number of hydrogen-bond donors (Lipinski definition) is 0. The summed E-state index contributed by atoms with van der Waals surface area (Å²) in [5.41, 5.74) is 0. The van der Waals surface area contributed by atoms with Gasteiger partial charge in [-0.2, -0.15) is 0 Å². The highest BCUT2D eigenvalue weighted by Crippen LogP contribution is 2.16. The van der Waals surface area contributed by atoms with Crippen LogP contribution in [0.3, 0.4) is 0 Å². The number of esters is 3. The molecule has 0 heterocycles. The number of ether oxygens (including phenoxy) is 3. The third-order valence-electron chi connectivity index (χ3n) is 8.90. The number of hydrogen-bond acceptors (Lipinski definition) is 6. The normalized spacial score (nSPS) is 12.5. The van der Waals surface area contributed by atoms with Crippen molar-refractivity contribution >= 4 is 17.9 Å². The predicted molar refractivity (Wildman–Crippen MR) is 187 cm³/mol. The van der Waals surface area contributed by atoms with Crippen molar-refractivity contribution in [2.24, 2.45) is 5.92 Å². The molecule has 0 rings (SSSR count). The van der Waals surface area contributed by atoms with Crippen LogP contribution in [0.1, 0.15) is 207 Å². The van der Waals surface area contributed by atoms with Gasteiger partial charge in [0, 0.05) is 19.3 Å². The number of carbonyl (C=O) groups excluding carboxylic acids is 3. The smallest absolute Gasteiger partial charge is 0.306 e. The number of carbonyl (C=O) groups is 3. The van der Waals surface area contributed by atoms with E-state index in [1.54, 1.807) is 0 Å². The van der Waals surface area contributed by atoms with Crippen LogP contribution in [0.15, 0.2) is 0 Å². The highest BCUT2D eigenvalue weighted by molar-refractivity contribution is 5.71. The quantitative estimate of drug-likeness (QED) is 0.0396. The van der Waals surface area contributed by atoms with Crippen molar-refractivity contribution in [3.63, 3.8) is 0 Å². The maximum Gasteiger partial charge on any atom is 0.306 e. The van der Waals surface area contributed by atoms with Crippen LogP contribution in [0.2, 0.25) is 0 Å². The molecule has 0 fully saturated rings. The molecular formula is C39H74O6. The van der Waals surface area contributed by atoms with E-state index in [1.807, 2.05) is 0 Å². The first-order valence-corrected chi connectivity index (χ1v) is 19.4. The number of rotatable bonds is 34.